The molecule has 172 valence electrons. The molecule has 0 atom stereocenters. The van der Waals surface area contributed by atoms with E-state index < -0.39 is 0 Å². The maximum absolute atomic E-state index is 12.6. The van der Waals surface area contributed by atoms with Crippen molar-refractivity contribution in [2.75, 3.05) is 18.9 Å². The van der Waals surface area contributed by atoms with Gasteiger partial charge in [-0.25, -0.2) is 0 Å². The van der Waals surface area contributed by atoms with Crippen LogP contribution in [0, 0.1) is 34.6 Å². The van der Waals surface area contributed by atoms with Gasteiger partial charge in [0, 0.05) is 30.1 Å². The van der Waals surface area contributed by atoms with Crippen LogP contribution in [-0.2, 0) is 16.1 Å². The van der Waals surface area contributed by atoms with Gasteiger partial charge in [-0.15, -0.1) is 0 Å². The summed E-state index contributed by atoms with van der Waals surface area (Å²) in [5.41, 5.74) is 8.06. The Morgan fingerprint density at radius 2 is 1.73 bits per heavy atom. The number of nitrogens with zero attached hydrogens (tertiary/aromatic N) is 3. The molecule has 1 aromatic heterocycles. The van der Waals surface area contributed by atoms with Crippen molar-refractivity contribution in [3.05, 3.63) is 87.7 Å². The first-order chi connectivity index (χ1) is 15.7. The van der Waals surface area contributed by atoms with Crippen LogP contribution in [0.15, 0.2) is 48.5 Å². The number of benzene rings is 2. The minimum Gasteiger partial charge on any atom is -0.333 e. The van der Waals surface area contributed by atoms with Crippen molar-refractivity contribution in [3.63, 3.8) is 0 Å². The average molecular weight is 445 g/mol. The lowest BCUT2D eigenvalue weighted by Gasteiger charge is -2.16. The van der Waals surface area contributed by atoms with E-state index >= 15 is 0 Å². The maximum atomic E-state index is 12.6. The van der Waals surface area contributed by atoms with Crippen LogP contribution in [0.3, 0.4) is 0 Å². The van der Waals surface area contributed by atoms with E-state index in [2.05, 4.69) is 41.6 Å². The number of likely N-dealkylation sites (N-methyl/N-ethyl adjacent to an activating group) is 1. The van der Waals surface area contributed by atoms with Gasteiger partial charge in [-0.3, -0.25) is 14.3 Å². The highest BCUT2D eigenvalue weighted by molar-refractivity contribution is 5.98. The number of hydrogen-bond donors (Lipinski definition) is 1. The quantitative estimate of drug-likeness (QED) is 0.542. The summed E-state index contributed by atoms with van der Waals surface area (Å²) >= 11 is 0. The molecule has 0 radical (unpaired) electrons. The molecule has 0 saturated heterocycles. The van der Waals surface area contributed by atoms with Crippen molar-refractivity contribution in [2.24, 2.45) is 0 Å². The number of hydrogen-bond acceptors (Lipinski definition) is 3. The number of rotatable bonds is 7. The summed E-state index contributed by atoms with van der Waals surface area (Å²) in [6.45, 7) is 10.6. The van der Waals surface area contributed by atoms with Crippen LogP contribution < -0.4 is 5.32 Å². The fraction of sp³-hybridized carbons (Fsp3) is 0.296. The van der Waals surface area contributed by atoms with Gasteiger partial charge >= 0.3 is 0 Å². The standard InChI is InChI=1S/C27H32N4O2/c1-18-10-12-23(13-11-18)16-31-22(5)24(21(4)29-31)14-15-27(33)30(6)17-26(32)28-25-9-7-8-19(2)20(25)3/h7-15H,16-17H2,1-6H3,(H,28,32)/b15-14+. The Balaban J connectivity index is 1.63. The van der Waals surface area contributed by atoms with Crippen LogP contribution in [0.5, 0.6) is 0 Å². The average Bonchev–Trinajstić information content (AvgIpc) is 3.03. The largest absolute Gasteiger partial charge is 0.333 e. The molecule has 2 amide bonds. The van der Waals surface area contributed by atoms with E-state index in [1.165, 1.54) is 22.1 Å². The second kappa shape index (κ2) is 10.3. The monoisotopic (exact) mass is 444 g/mol. The number of aromatic nitrogens is 2. The zero-order chi connectivity index (χ0) is 24.1. The molecule has 0 bridgehead atoms. The van der Waals surface area contributed by atoms with Gasteiger partial charge in [0.2, 0.25) is 11.8 Å². The van der Waals surface area contributed by atoms with Crippen LogP contribution in [-0.4, -0.2) is 40.1 Å². The normalized spacial score (nSPS) is 11.1. The number of nitrogens with one attached hydrogen (secondary N) is 1. The molecule has 33 heavy (non-hydrogen) atoms. The zero-order valence-electron chi connectivity index (χ0n) is 20.3. The molecule has 0 saturated carbocycles. The molecule has 3 rings (SSSR count). The topological polar surface area (TPSA) is 67.2 Å². The molecule has 0 spiro atoms. The van der Waals surface area contributed by atoms with E-state index in [4.69, 9.17) is 0 Å². The first-order valence-corrected chi connectivity index (χ1v) is 11.0. The highest BCUT2D eigenvalue weighted by atomic mass is 16.2. The number of aryl methyl sites for hydroxylation is 3. The third-order valence-corrected chi connectivity index (χ3v) is 5.92. The summed E-state index contributed by atoms with van der Waals surface area (Å²) in [6.07, 6.45) is 3.28. The van der Waals surface area contributed by atoms with E-state index in [0.717, 1.165) is 33.8 Å². The predicted octanol–water partition coefficient (Wildman–Crippen LogP) is 4.58. The van der Waals surface area contributed by atoms with Gasteiger partial charge in [0.05, 0.1) is 18.8 Å². The van der Waals surface area contributed by atoms with Crippen molar-refractivity contribution in [1.29, 1.82) is 0 Å². The summed E-state index contributed by atoms with van der Waals surface area (Å²) < 4.78 is 1.95. The summed E-state index contributed by atoms with van der Waals surface area (Å²) in [5.74, 6) is -0.470. The minimum absolute atomic E-state index is 0.0266. The summed E-state index contributed by atoms with van der Waals surface area (Å²) in [6, 6.07) is 14.1. The lowest BCUT2D eigenvalue weighted by Crippen LogP contribution is -2.34. The smallest absolute Gasteiger partial charge is 0.246 e. The third-order valence-electron chi connectivity index (χ3n) is 5.92. The predicted molar refractivity (Wildman–Crippen MR) is 133 cm³/mol. The lowest BCUT2D eigenvalue weighted by molar-refractivity contribution is -0.129. The maximum Gasteiger partial charge on any atom is 0.246 e. The number of carbonyl (C=O) groups excluding carboxylic acids is 2. The first-order valence-electron chi connectivity index (χ1n) is 11.0. The van der Waals surface area contributed by atoms with E-state index in [9.17, 15) is 9.59 Å². The molecule has 2 aromatic carbocycles. The van der Waals surface area contributed by atoms with Crippen LogP contribution in [0.4, 0.5) is 5.69 Å². The Kier molecular flexibility index (Phi) is 7.48. The lowest BCUT2D eigenvalue weighted by atomic mass is 10.1. The third kappa shape index (κ3) is 5.98. The van der Waals surface area contributed by atoms with Gasteiger partial charge < -0.3 is 10.2 Å². The van der Waals surface area contributed by atoms with Gasteiger partial charge in [-0.2, -0.15) is 5.10 Å². The Bertz CT molecular complexity index is 1190. The van der Waals surface area contributed by atoms with Gasteiger partial charge in [0.25, 0.3) is 0 Å². The van der Waals surface area contributed by atoms with Gasteiger partial charge in [-0.1, -0.05) is 42.0 Å². The first kappa shape index (κ1) is 24.0. The second-order valence-electron chi connectivity index (χ2n) is 8.55. The van der Waals surface area contributed by atoms with E-state index in [1.807, 2.05) is 50.6 Å². The molecule has 6 nitrogen and oxygen atoms in total. The van der Waals surface area contributed by atoms with Gasteiger partial charge in [0.15, 0.2) is 0 Å². The molecule has 0 aliphatic rings. The van der Waals surface area contributed by atoms with Crippen molar-refractivity contribution < 1.29 is 9.59 Å². The van der Waals surface area contributed by atoms with Gasteiger partial charge in [-0.05, 0) is 63.5 Å². The molecule has 0 aliphatic heterocycles. The molecule has 0 unspecified atom stereocenters. The Hall–Kier alpha value is -3.67. The van der Waals surface area contributed by atoms with Gasteiger partial charge in [0.1, 0.15) is 0 Å². The van der Waals surface area contributed by atoms with Crippen LogP contribution in [0.25, 0.3) is 6.08 Å². The van der Waals surface area contributed by atoms with Crippen LogP contribution in [0.1, 0.15) is 39.2 Å². The molecule has 6 heteroatoms. The van der Waals surface area contributed by atoms with Crippen LogP contribution in [0.2, 0.25) is 0 Å². The SMILES string of the molecule is Cc1ccc(Cn2nc(C)c(/C=C/C(=O)N(C)CC(=O)Nc3cccc(C)c3C)c2C)cc1. The highest BCUT2D eigenvalue weighted by Gasteiger charge is 2.14. The van der Waals surface area contributed by atoms with E-state index in [0.29, 0.717) is 6.54 Å². The number of amides is 2. The Morgan fingerprint density at radius 3 is 2.42 bits per heavy atom. The van der Waals surface area contributed by atoms with Crippen molar-refractivity contribution in [3.8, 4) is 0 Å². The minimum atomic E-state index is -0.240. The highest BCUT2D eigenvalue weighted by Crippen LogP contribution is 2.18. The molecule has 0 aliphatic carbocycles. The molecular weight excluding hydrogens is 412 g/mol. The fourth-order valence-electron chi connectivity index (χ4n) is 3.62. The van der Waals surface area contributed by atoms with E-state index in [1.54, 1.807) is 13.1 Å². The van der Waals surface area contributed by atoms with Crippen molar-refractivity contribution in [1.82, 2.24) is 14.7 Å². The number of anilines is 1. The molecule has 1 heterocycles. The second-order valence-corrected chi connectivity index (χ2v) is 8.55. The molecular formula is C27H32N4O2. The Labute approximate surface area is 195 Å². The molecule has 1 N–H and O–H groups in total. The molecule has 0 fully saturated rings. The number of carbonyl (C=O) groups is 2. The van der Waals surface area contributed by atoms with E-state index in [-0.39, 0.29) is 18.4 Å². The fourth-order valence-corrected chi connectivity index (χ4v) is 3.62. The Morgan fingerprint density at radius 1 is 1.03 bits per heavy atom. The molecule has 3 aromatic rings. The summed E-state index contributed by atoms with van der Waals surface area (Å²) in [5, 5.41) is 7.53. The van der Waals surface area contributed by atoms with Crippen LogP contribution >= 0.6 is 0 Å². The zero-order valence-corrected chi connectivity index (χ0v) is 20.3. The van der Waals surface area contributed by atoms with Crippen molar-refractivity contribution in [2.45, 2.75) is 41.2 Å². The summed E-state index contributed by atoms with van der Waals surface area (Å²) in [7, 11) is 1.62. The summed E-state index contributed by atoms with van der Waals surface area (Å²) in [4.78, 5) is 26.4. The van der Waals surface area contributed by atoms with Crippen molar-refractivity contribution >= 4 is 23.6 Å².